The Labute approximate surface area is 133 Å². The summed E-state index contributed by atoms with van der Waals surface area (Å²) in [6.45, 7) is 3.67. The average molecular weight is 307 g/mol. The van der Waals surface area contributed by atoms with Gasteiger partial charge in [-0.25, -0.2) is 9.67 Å². The first-order chi connectivity index (χ1) is 11.0. The fraction of sp³-hybridized carbons (Fsp3) is 0.167. The van der Waals surface area contributed by atoms with Gasteiger partial charge in [0.05, 0.1) is 17.1 Å². The third kappa shape index (κ3) is 2.61. The first kappa shape index (κ1) is 15.0. The van der Waals surface area contributed by atoms with Gasteiger partial charge in [-0.3, -0.25) is 14.3 Å². The summed E-state index contributed by atoms with van der Waals surface area (Å²) in [6, 6.07) is 9.43. The number of aromatic nitrogens is 2. The van der Waals surface area contributed by atoms with E-state index in [9.17, 15) is 9.59 Å². The third-order valence-electron chi connectivity index (χ3n) is 3.92. The van der Waals surface area contributed by atoms with Crippen LogP contribution in [0.2, 0.25) is 0 Å². The molecule has 0 atom stereocenters. The fourth-order valence-corrected chi connectivity index (χ4v) is 2.56. The van der Waals surface area contributed by atoms with Crippen LogP contribution in [-0.4, -0.2) is 20.9 Å². The molecule has 0 unspecified atom stereocenters. The zero-order chi connectivity index (χ0) is 16.6. The van der Waals surface area contributed by atoms with Crippen LogP contribution in [0.25, 0.3) is 5.69 Å². The van der Waals surface area contributed by atoms with Crippen molar-refractivity contribution in [3.05, 3.63) is 70.2 Å². The molecule has 0 bridgehead atoms. The first-order valence-electron chi connectivity index (χ1n) is 7.32. The quantitative estimate of drug-likeness (QED) is 0.801. The lowest BCUT2D eigenvalue weighted by molar-refractivity contribution is -0.110. The van der Waals surface area contributed by atoms with Gasteiger partial charge in [0.2, 0.25) is 0 Å². The number of allylic oxidation sites excluding steroid dienone is 4. The minimum absolute atomic E-state index is 0.0621. The number of para-hydroxylation sites is 1. The molecule has 116 valence electrons. The van der Waals surface area contributed by atoms with E-state index < -0.39 is 0 Å². The van der Waals surface area contributed by atoms with Crippen molar-refractivity contribution in [3.63, 3.8) is 0 Å². The number of hydrogen-bond donors (Lipinski definition) is 0. The van der Waals surface area contributed by atoms with Crippen molar-refractivity contribution < 1.29 is 4.79 Å². The summed E-state index contributed by atoms with van der Waals surface area (Å²) in [6.07, 6.45) is 4.63. The van der Waals surface area contributed by atoms with Crippen LogP contribution in [0.5, 0.6) is 0 Å². The van der Waals surface area contributed by atoms with Crippen molar-refractivity contribution in [3.8, 4) is 5.69 Å². The molecule has 0 aliphatic heterocycles. The molecule has 1 aromatic heterocycles. The largest absolute Gasteiger partial charge is 0.297 e. The second-order valence-corrected chi connectivity index (χ2v) is 5.47. The highest BCUT2D eigenvalue weighted by Crippen LogP contribution is 2.19. The van der Waals surface area contributed by atoms with Crippen molar-refractivity contribution in [2.75, 3.05) is 0 Å². The molecular formula is C18H17N3O2. The van der Waals surface area contributed by atoms with Gasteiger partial charge in [-0.15, -0.1) is 0 Å². The van der Waals surface area contributed by atoms with E-state index in [1.54, 1.807) is 15.4 Å². The highest BCUT2D eigenvalue weighted by Gasteiger charge is 2.17. The van der Waals surface area contributed by atoms with Crippen LogP contribution >= 0.6 is 0 Å². The summed E-state index contributed by atoms with van der Waals surface area (Å²) >= 11 is 0. The Morgan fingerprint density at radius 1 is 1.00 bits per heavy atom. The van der Waals surface area contributed by atoms with Crippen molar-refractivity contribution >= 4 is 17.2 Å². The SMILES string of the molecule is CC1=CC(=O)C=C/C1=N/c1c(C)n(C)n(-c2ccccc2)c1=O. The van der Waals surface area contributed by atoms with E-state index in [2.05, 4.69) is 4.99 Å². The van der Waals surface area contributed by atoms with E-state index in [1.165, 1.54) is 12.2 Å². The minimum atomic E-state index is -0.179. The lowest BCUT2D eigenvalue weighted by atomic mass is 10.0. The molecule has 23 heavy (non-hydrogen) atoms. The molecule has 0 saturated heterocycles. The second-order valence-electron chi connectivity index (χ2n) is 5.47. The summed E-state index contributed by atoms with van der Waals surface area (Å²) in [5, 5.41) is 0. The zero-order valence-electron chi connectivity index (χ0n) is 13.3. The third-order valence-corrected chi connectivity index (χ3v) is 3.92. The van der Waals surface area contributed by atoms with E-state index in [0.717, 1.165) is 17.0 Å². The molecule has 5 nitrogen and oxygen atoms in total. The number of benzene rings is 1. The van der Waals surface area contributed by atoms with Crippen LogP contribution in [0.1, 0.15) is 12.6 Å². The van der Waals surface area contributed by atoms with Crippen molar-refractivity contribution in [1.82, 2.24) is 9.36 Å². The van der Waals surface area contributed by atoms with Crippen LogP contribution in [0.3, 0.4) is 0 Å². The maximum Gasteiger partial charge on any atom is 0.297 e. The predicted molar refractivity (Wildman–Crippen MR) is 90.7 cm³/mol. The van der Waals surface area contributed by atoms with Gasteiger partial charge in [-0.2, -0.15) is 0 Å². The van der Waals surface area contributed by atoms with Gasteiger partial charge in [0.15, 0.2) is 11.5 Å². The molecule has 0 radical (unpaired) electrons. The molecule has 3 rings (SSSR count). The van der Waals surface area contributed by atoms with Gasteiger partial charge < -0.3 is 0 Å². The molecule has 1 aromatic carbocycles. The number of nitrogens with zero attached hydrogens (tertiary/aromatic N) is 3. The lowest BCUT2D eigenvalue weighted by Gasteiger charge is -2.07. The molecule has 0 fully saturated rings. The Morgan fingerprint density at radius 3 is 2.35 bits per heavy atom. The van der Waals surface area contributed by atoms with Gasteiger partial charge in [0, 0.05) is 7.05 Å². The normalized spacial score (nSPS) is 16.0. The fourth-order valence-electron chi connectivity index (χ4n) is 2.56. The Kier molecular flexibility index (Phi) is 3.70. The highest BCUT2D eigenvalue weighted by atomic mass is 16.1. The van der Waals surface area contributed by atoms with Crippen LogP contribution in [0.4, 0.5) is 5.69 Å². The van der Waals surface area contributed by atoms with Gasteiger partial charge in [0.1, 0.15) is 0 Å². The number of carbonyl (C=O) groups is 1. The number of aliphatic imine (C=N–C) groups is 1. The van der Waals surface area contributed by atoms with E-state index in [4.69, 9.17) is 0 Å². The summed E-state index contributed by atoms with van der Waals surface area (Å²) in [5.41, 5.74) is 3.16. The van der Waals surface area contributed by atoms with Gasteiger partial charge in [0.25, 0.3) is 5.56 Å². The Morgan fingerprint density at radius 2 is 1.70 bits per heavy atom. The molecule has 1 aliphatic carbocycles. The standard InChI is InChI=1S/C18H17N3O2/c1-12-11-15(22)9-10-16(12)19-17-13(2)20(3)21(18(17)23)14-7-5-4-6-8-14/h4-11H,1-3H3/b19-16-. The zero-order valence-corrected chi connectivity index (χ0v) is 13.3. The van der Waals surface area contributed by atoms with Crippen LogP contribution < -0.4 is 5.56 Å². The summed E-state index contributed by atoms with van der Waals surface area (Å²) in [7, 11) is 1.83. The van der Waals surface area contributed by atoms with Gasteiger partial charge in [-0.1, -0.05) is 18.2 Å². The maximum absolute atomic E-state index is 12.8. The smallest absolute Gasteiger partial charge is 0.290 e. The van der Waals surface area contributed by atoms with Crippen LogP contribution in [-0.2, 0) is 11.8 Å². The number of carbonyl (C=O) groups excluding carboxylic acids is 1. The van der Waals surface area contributed by atoms with E-state index in [0.29, 0.717) is 11.4 Å². The average Bonchev–Trinajstić information content (AvgIpc) is 2.74. The summed E-state index contributed by atoms with van der Waals surface area (Å²) < 4.78 is 3.37. The molecule has 0 amide bonds. The Balaban J connectivity index is 2.17. The van der Waals surface area contributed by atoms with E-state index >= 15 is 0 Å². The summed E-state index contributed by atoms with van der Waals surface area (Å²) in [5.74, 6) is -0.0621. The number of hydrogen-bond acceptors (Lipinski definition) is 3. The lowest BCUT2D eigenvalue weighted by Crippen LogP contribution is -2.19. The molecular weight excluding hydrogens is 290 g/mol. The Bertz CT molecular complexity index is 925. The number of ketones is 1. The molecule has 2 aromatic rings. The monoisotopic (exact) mass is 307 g/mol. The second kappa shape index (κ2) is 5.68. The van der Waals surface area contributed by atoms with Crippen molar-refractivity contribution in [2.45, 2.75) is 13.8 Å². The van der Waals surface area contributed by atoms with Crippen LogP contribution in [0.15, 0.2) is 63.9 Å². The summed E-state index contributed by atoms with van der Waals surface area (Å²) in [4.78, 5) is 28.6. The minimum Gasteiger partial charge on any atom is -0.290 e. The van der Waals surface area contributed by atoms with Gasteiger partial charge >= 0.3 is 0 Å². The van der Waals surface area contributed by atoms with Crippen LogP contribution in [0, 0.1) is 6.92 Å². The molecule has 0 spiro atoms. The van der Waals surface area contributed by atoms with E-state index in [1.807, 2.05) is 51.2 Å². The van der Waals surface area contributed by atoms with Crippen molar-refractivity contribution in [1.29, 1.82) is 0 Å². The molecule has 1 aliphatic rings. The number of rotatable bonds is 2. The predicted octanol–water partition coefficient (Wildman–Crippen LogP) is 2.64. The highest BCUT2D eigenvalue weighted by molar-refractivity contribution is 6.19. The molecule has 0 saturated carbocycles. The van der Waals surface area contributed by atoms with Crippen molar-refractivity contribution in [2.24, 2.45) is 12.0 Å². The van der Waals surface area contributed by atoms with E-state index in [-0.39, 0.29) is 11.3 Å². The Hall–Kier alpha value is -2.95. The maximum atomic E-state index is 12.8. The van der Waals surface area contributed by atoms with Gasteiger partial charge in [-0.05, 0) is 49.8 Å². The molecule has 0 N–H and O–H groups in total. The molecule has 1 heterocycles. The topological polar surface area (TPSA) is 56.4 Å². The first-order valence-corrected chi connectivity index (χ1v) is 7.32. The molecule has 5 heteroatoms.